The smallest absolute Gasteiger partial charge is 0.312 e. The second-order valence-corrected chi connectivity index (χ2v) is 7.75. The molecule has 0 atom stereocenters. The van der Waals surface area contributed by atoms with Gasteiger partial charge in [-0.25, -0.2) is 4.98 Å². The van der Waals surface area contributed by atoms with Gasteiger partial charge in [0.05, 0.1) is 22.0 Å². The summed E-state index contributed by atoms with van der Waals surface area (Å²) in [5.41, 5.74) is -0.165. The van der Waals surface area contributed by atoms with Crippen LogP contribution in [0, 0.1) is 10.1 Å². The van der Waals surface area contributed by atoms with E-state index < -0.39 is 16.4 Å². The zero-order chi connectivity index (χ0) is 20.4. The van der Waals surface area contributed by atoms with Gasteiger partial charge in [0.2, 0.25) is 5.75 Å². The molecule has 1 heterocycles. The highest BCUT2D eigenvalue weighted by Crippen LogP contribution is 2.32. The van der Waals surface area contributed by atoms with Crippen LogP contribution in [-0.2, 0) is 6.42 Å². The Balaban J connectivity index is 2.19. The van der Waals surface area contributed by atoms with Crippen LogP contribution in [0.4, 0.5) is 5.69 Å². The number of nitrogens with zero attached hydrogens (tertiary/aromatic N) is 4. The predicted octanol–water partition coefficient (Wildman–Crippen LogP) is 4.37. The largest absolute Gasteiger partial charge is 0.502 e. The van der Waals surface area contributed by atoms with Crippen LogP contribution in [-0.4, -0.2) is 25.9 Å². The van der Waals surface area contributed by atoms with Crippen molar-refractivity contribution >= 4 is 54.7 Å². The third kappa shape index (κ3) is 3.97. The molecule has 0 unspecified atom stereocenters. The van der Waals surface area contributed by atoms with Gasteiger partial charge in [0.25, 0.3) is 5.56 Å². The van der Waals surface area contributed by atoms with Gasteiger partial charge in [-0.3, -0.25) is 14.9 Å². The topological polar surface area (TPSA) is 111 Å². The second-order valence-electron chi connectivity index (χ2n) is 5.92. The number of rotatable bonds is 5. The van der Waals surface area contributed by atoms with Crippen LogP contribution in [0.2, 0.25) is 0 Å². The summed E-state index contributed by atoms with van der Waals surface area (Å²) in [5.74, 6) is -0.0684. The molecule has 0 radical (unpaired) electrons. The summed E-state index contributed by atoms with van der Waals surface area (Å²) < 4.78 is 2.29. The Morgan fingerprint density at radius 3 is 2.71 bits per heavy atom. The normalized spacial score (nSPS) is 11.4. The highest BCUT2D eigenvalue weighted by Gasteiger charge is 2.18. The molecule has 0 saturated carbocycles. The molecule has 0 aliphatic carbocycles. The number of hydrogen-bond acceptors (Lipinski definition) is 6. The van der Waals surface area contributed by atoms with E-state index in [4.69, 9.17) is 0 Å². The maximum absolute atomic E-state index is 12.9. The maximum Gasteiger partial charge on any atom is 0.312 e. The molecule has 28 heavy (non-hydrogen) atoms. The summed E-state index contributed by atoms with van der Waals surface area (Å²) >= 11 is 6.51. The van der Waals surface area contributed by atoms with Gasteiger partial charge in [0.15, 0.2) is 0 Å². The summed E-state index contributed by atoms with van der Waals surface area (Å²) in [7, 11) is 0. The molecule has 1 aromatic heterocycles. The Bertz CT molecular complexity index is 1170. The monoisotopic (exact) mass is 508 g/mol. The van der Waals surface area contributed by atoms with E-state index >= 15 is 0 Å². The minimum Gasteiger partial charge on any atom is -0.502 e. The van der Waals surface area contributed by atoms with Crippen molar-refractivity contribution in [1.82, 2.24) is 9.66 Å². The lowest BCUT2D eigenvalue weighted by molar-refractivity contribution is -0.385. The highest BCUT2D eigenvalue weighted by atomic mass is 79.9. The van der Waals surface area contributed by atoms with Crippen LogP contribution in [0.1, 0.15) is 24.7 Å². The minimum absolute atomic E-state index is 0.102. The number of phenolic OH excluding ortho intramolecular Hbond substituents is 1. The zero-order valence-electron chi connectivity index (χ0n) is 14.6. The van der Waals surface area contributed by atoms with Crippen LogP contribution >= 0.6 is 31.9 Å². The van der Waals surface area contributed by atoms with Crippen molar-refractivity contribution in [2.24, 2.45) is 5.10 Å². The van der Waals surface area contributed by atoms with Gasteiger partial charge >= 0.3 is 5.69 Å². The van der Waals surface area contributed by atoms with Crippen molar-refractivity contribution < 1.29 is 10.0 Å². The summed E-state index contributed by atoms with van der Waals surface area (Å²) in [5, 5.41) is 25.8. The minimum atomic E-state index is -0.693. The Morgan fingerprint density at radius 1 is 1.29 bits per heavy atom. The maximum atomic E-state index is 12.9. The summed E-state index contributed by atoms with van der Waals surface area (Å²) in [4.78, 5) is 27.8. The summed E-state index contributed by atoms with van der Waals surface area (Å²) in [6.45, 7) is 1.95. The molecule has 0 aliphatic heterocycles. The van der Waals surface area contributed by atoms with Gasteiger partial charge in [-0.2, -0.15) is 9.78 Å². The third-order valence-corrected chi connectivity index (χ3v) is 4.89. The van der Waals surface area contributed by atoms with Gasteiger partial charge in [-0.1, -0.05) is 38.8 Å². The van der Waals surface area contributed by atoms with Gasteiger partial charge in [-0.05, 0) is 30.7 Å². The third-order valence-electron chi connectivity index (χ3n) is 3.94. The van der Waals surface area contributed by atoms with Crippen molar-refractivity contribution in [2.45, 2.75) is 19.8 Å². The number of halogens is 2. The predicted molar refractivity (Wildman–Crippen MR) is 113 cm³/mol. The molecule has 1 N–H and O–H groups in total. The number of aromatic nitrogens is 2. The van der Waals surface area contributed by atoms with Crippen molar-refractivity contribution in [3.05, 3.63) is 71.1 Å². The molecule has 3 rings (SSSR count). The summed E-state index contributed by atoms with van der Waals surface area (Å²) in [6.07, 6.45) is 2.47. The molecule has 0 bridgehead atoms. The fraction of sp³-hybridized carbons (Fsp3) is 0.167. The Morgan fingerprint density at radius 2 is 2.04 bits per heavy atom. The molecule has 144 valence electrons. The lowest BCUT2D eigenvalue weighted by Crippen LogP contribution is -2.22. The number of hydrogen-bond donors (Lipinski definition) is 1. The van der Waals surface area contributed by atoms with Crippen LogP contribution in [0.25, 0.3) is 10.9 Å². The van der Waals surface area contributed by atoms with E-state index in [1.807, 2.05) is 6.92 Å². The van der Waals surface area contributed by atoms with Gasteiger partial charge in [-0.15, -0.1) is 0 Å². The number of nitro groups is 1. The Kier molecular flexibility index (Phi) is 5.90. The molecule has 0 aliphatic rings. The standard InChI is InChI=1S/C18H14Br2N4O4/c1-2-3-16-22-14-5-4-11(19)7-13(14)18(26)23(16)21-9-10-6-12(20)8-15(17(10)25)24(27)28/h4-9,25H,2-3H2,1H3. The average molecular weight is 510 g/mol. The van der Waals surface area contributed by atoms with Crippen LogP contribution in [0.3, 0.4) is 0 Å². The van der Waals surface area contributed by atoms with Crippen molar-refractivity contribution in [2.75, 3.05) is 0 Å². The molecule has 10 heteroatoms. The van der Waals surface area contributed by atoms with E-state index in [0.717, 1.165) is 15.6 Å². The molecule has 0 spiro atoms. The lowest BCUT2D eigenvalue weighted by atomic mass is 10.2. The fourth-order valence-corrected chi connectivity index (χ4v) is 3.49. The van der Waals surface area contributed by atoms with Gasteiger partial charge in [0.1, 0.15) is 5.82 Å². The first-order valence-electron chi connectivity index (χ1n) is 8.24. The van der Waals surface area contributed by atoms with E-state index in [2.05, 4.69) is 41.9 Å². The lowest BCUT2D eigenvalue weighted by Gasteiger charge is -2.09. The van der Waals surface area contributed by atoms with Crippen LogP contribution < -0.4 is 5.56 Å². The van der Waals surface area contributed by atoms with Crippen molar-refractivity contribution in [3.63, 3.8) is 0 Å². The molecule has 8 nitrogen and oxygen atoms in total. The average Bonchev–Trinajstić information content (AvgIpc) is 2.64. The second kappa shape index (κ2) is 8.19. The van der Waals surface area contributed by atoms with Crippen molar-refractivity contribution in [1.29, 1.82) is 0 Å². The Labute approximate surface area is 175 Å². The molecule has 0 saturated heterocycles. The van der Waals surface area contributed by atoms with E-state index in [-0.39, 0.29) is 11.1 Å². The molecule has 2 aromatic carbocycles. The molecule has 3 aromatic rings. The number of aryl methyl sites for hydroxylation is 1. The Hall–Kier alpha value is -2.59. The van der Waals surface area contributed by atoms with Gasteiger partial charge in [0, 0.05) is 27.0 Å². The number of fused-ring (bicyclic) bond motifs is 1. The molecular formula is C18H14Br2N4O4. The first-order chi connectivity index (χ1) is 13.3. The molecule has 0 amide bonds. The zero-order valence-corrected chi connectivity index (χ0v) is 17.8. The first kappa shape index (κ1) is 20.2. The van der Waals surface area contributed by atoms with E-state index in [9.17, 15) is 20.0 Å². The SMILES string of the molecule is CCCc1nc2ccc(Br)cc2c(=O)n1N=Cc1cc(Br)cc([N+](=O)[O-])c1O. The molecule has 0 fully saturated rings. The summed E-state index contributed by atoms with van der Waals surface area (Å²) in [6, 6.07) is 7.88. The number of benzene rings is 2. The number of phenols is 1. The van der Waals surface area contributed by atoms with E-state index in [1.165, 1.54) is 18.3 Å². The van der Waals surface area contributed by atoms with Crippen LogP contribution in [0.15, 0.2) is 49.2 Å². The molecular weight excluding hydrogens is 496 g/mol. The number of nitro benzene ring substituents is 1. The van der Waals surface area contributed by atoms with E-state index in [1.54, 1.807) is 18.2 Å². The van der Waals surface area contributed by atoms with E-state index in [0.29, 0.717) is 27.6 Å². The fourth-order valence-electron chi connectivity index (χ4n) is 2.66. The number of aromatic hydroxyl groups is 1. The quantitative estimate of drug-likeness (QED) is 0.312. The highest BCUT2D eigenvalue weighted by molar-refractivity contribution is 9.10. The first-order valence-corrected chi connectivity index (χ1v) is 9.83. The van der Waals surface area contributed by atoms with Crippen molar-refractivity contribution in [3.8, 4) is 5.75 Å². The van der Waals surface area contributed by atoms with Gasteiger partial charge < -0.3 is 5.11 Å². The van der Waals surface area contributed by atoms with Crippen LogP contribution in [0.5, 0.6) is 5.75 Å².